The number of carbonyl (C=O) groups is 1. The number of methoxy groups -OCH3 is 1. The van der Waals surface area contributed by atoms with Gasteiger partial charge in [0, 0.05) is 48.4 Å². The van der Waals surface area contributed by atoms with E-state index in [4.69, 9.17) is 20.4 Å². The first-order valence-corrected chi connectivity index (χ1v) is 14.3. The molecule has 1 aromatic carbocycles. The van der Waals surface area contributed by atoms with Crippen molar-refractivity contribution in [2.24, 2.45) is 17.6 Å². The first kappa shape index (κ1) is 23.4. The molecule has 1 saturated heterocycles. The van der Waals surface area contributed by atoms with Crippen LogP contribution in [0.1, 0.15) is 54.9 Å². The number of likely N-dealkylation sites (tertiary alicyclic amines) is 1. The van der Waals surface area contributed by atoms with Gasteiger partial charge in [-0.05, 0) is 80.7 Å². The largest absolute Gasteiger partial charge is 0.494 e. The maximum Gasteiger partial charge on any atom is 0.254 e. The molecule has 2 N–H and O–H groups in total. The Hall–Kier alpha value is -3.46. The molecule has 1 aliphatic heterocycles. The number of piperidine rings is 1. The van der Waals surface area contributed by atoms with Gasteiger partial charge in [-0.1, -0.05) is 0 Å². The molecule has 3 atom stereocenters. The zero-order valence-corrected chi connectivity index (χ0v) is 22.1. The Labute approximate surface area is 225 Å². The summed E-state index contributed by atoms with van der Waals surface area (Å²) in [4.78, 5) is 25.5. The number of carbonyl (C=O) groups excluding carboxylic acids is 1. The number of pyridine rings is 1. The Bertz CT molecular complexity index is 1620. The van der Waals surface area contributed by atoms with Crippen LogP contribution in [0.3, 0.4) is 0 Å². The highest BCUT2D eigenvalue weighted by Crippen LogP contribution is 2.45. The normalized spacial score (nSPS) is 28.0. The van der Waals surface area contributed by atoms with E-state index in [2.05, 4.69) is 21.3 Å². The van der Waals surface area contributed by atoms with E-state index < -0.39 is 6.17 Å². The van der Waals surface area contributed by atoms with Gasteiger partial charge in [0.2, 0.25) is 0 Å². The Morgan fingerprint density at radius 2 is 2.03 bits per heavy atom. The predicted molar refractivity (Wildman–Crippen MR) is 146 cm³/mol. The van der Waals surface area contributed by atoms with E-state index in [9.17, 15) is 9.18 Å². The average molecular weight is 529 g/mol. The molecule has 4 fully saturated rings. The van der Waals surface area contributed by atoms with Gasteiger partial charge in [0.25, 0.3) is 5.91 Å². The van der Waals surface area contributed by atoms with Gasteiger partial charge in [0.15, 0.2) is 5.82 Å². The van der Waals surface area contributed by atoms with Gasteiger partial charge in [-0.15, -0.1) is 0 Å². The lowest BCUT2D eigenvalue weighted by Crippen LogP contribution is -2.41. The van der Waals surface area contributed by atoms with Gasteiger partial charge in [0.1, 0.15) is 23.1 Å². The molecule has 8 nitrogen and oxygen atoms in total. The number of hydrogen-bond acceptors (Lipinski definition) is 5. The first-order valence-electron chi connectivity index (χ1n) is 14.3. The van der Waals surface area contributed by atoms with E-state index in [0.29, 0.717) is 48.1 Å². The molecule has 1 amide bonds. The van der Waals surface area contributed by atoms with Crippen LogP contribution >= 0.6 is 0 Å². The van der Waals surface area contributed by atoms with Gasteiger partial charge in [-0.2, -0.15) is 0 Å². The van der Waals surface area contributed by atoms with Crippen molar-refractivity contribution in [2.75, 3.05) is 13.7 Å². The smallest absolute Gasteiger partial charge is 0.254 e. The zero-order chi connectivity index (χ0) is 26.4. The third kappa shape index (κ3) is 3.55. The van der Waals surface area contributed by atoms with Crippen LogP contribution in [0.25, 0.3) is 33.6 Å². The molecule has 2 bridgehead atoms. The molecule has 202 valence electrons. The Morgan fingerprint density at radius 1 is 1.18 bits per heavy atom. The Morgan fingerprint density at radius 3 is 2.72 bits per heavy atom. The van der Waals surface area contributed by atoms with Crippen molar-refractivity contribution in [2.45, 2.75) is 69.4 Å². The van der Waals surface area contributed by atoms with Gasteiger partial charge < -0.3 is 24.5 Å². The van der Waals surface area contributed by atoms with E-state index in [1.165, 1.54) is 12.8 Å². The number of halogens is 1. The maximum absolute atomic E-state index is 14.2. The van der Waals surface area contributed by atoms with Crippen LogP contribution in [0.15, 0.2) is 36.5 Å². The number of rotatable bonds is 6. The molecule has 39 heavy (non-hydrogen) atoms. The number of aromatic nitrogens is 4. The summed E-state index contributed by atoms with van der Waals surface area (Å²) < 4.78 is 24.5. The van der Waals surface area contributed by atoms with Crippen LogP contribution in [-0.4, -0.2) is 61.8 Å². The van der Waals surface area contributed by atoms with E-state index in [0.717, 1.165) is 47.5 Å². The van der Waals surface area contributed by atoms with Gasteiger partial charge in [-0.25, -0.2) is 14.4 Å². The summed E-state index contributed by atoms with van der Waals surface area (Å²) in [6.07, 6.45) is 6.38. The molecule has 3 aromatic heterocycles. The minimum Gasteiger partial charge on any atom is -0.494 e. The molecule has 4 aromatic rings. The molecule has 3 saturated carbocycles. The van der Waals surface area contributed by atoms with Crippen molar-refractivity contribution in [3.63, 3.8) is 0 Å². The molecule has 0 unspecified atom stereocenters. The third-order valence-corrected chi connectivity index (χ3v) is 9.57. The summed E-state index contributed by atoms with van der Waals surface area (Å²) in [5.74, 6) is 2.37. The standard InChI is InChI=1S/C30H33FN6O2/c1-39-25-11-19(30(38)36-15-18-6-7-23(36)26(18)32)9-22-27(25)37(21-12-20(31)13-21)29(34-22)24-10-17-3-2-8-33-28(17)35(24)14-16-4-5-16/h2-3,8-11,16,18,20-21,23,26H,4-7,12-15,32H2,1H3/t18-,20-,21+,23-,26-/m1/s1. The molecular weight excluding hydrogens is 495 g/mol. The van der Waals surface area contributed by atoms with Gasteiger partial charge >= 0.3 is 0 Å². The number of nitrogens with two attached hydrogens (primary N) is 1. The van der Waals surface area contributed by atoms with E-state index >= 15 is 0 Å². The van der Waals surface area contributed by atoms with Crippen LogP contribution < -0.4 is 10.5 Å². The minimum atomic E-state index is -0.819. The van der Waals surface area contributed by atoms with Crippen molar-refractivity contribution in [1.82, 2.24) is 24.0 Å². The van der Waals surface area contributed by atoms with Crippen molar-refractivity contribution < 1.29 is 13.9 Å². The molecule has 0 radical (unpaired) electrons. The minimum absolute atomic E-state index is 0.0199. The molecule has 4 aliphatic rings. The van der Waals surface area contributed by atoms with Crippen molar-refractivity contribution >= 4 is 28.0 Å². The highest BCUT2D eigenvalue weighted by atomic mass is 19.1. The zero-order valence-electron chi connectivity index (χ0n) is 22.1. The second kappa shape index (κ2) is 8.52. The molecule has 9 heteroatoms. The van der Waals surface area contributed by atoms with E-state index in [1.807, 2.05) is 29.3 Å². The Balaban J connectivity index is 1.30. The van der Waals surface area contributed by atoms with Crippen LogP contribution in [0.2, 0.25) is 0 Å². The number of amides is 1. The van der Waals surface area contributed by atoms with Crippen LogP contribution in [0, 0.1) is 11.8 Å². The summed E-state index contributed by atoms with van der Waals surface area (Å²) in [6.45, 7) is 1.59. The second-order valence-electron chi connectivity index (χ2n) is 12.0. The summed E-state index contributed by atoms with van der Waals surface area (Å²) >= 11 is 0. The second-order valence-corrected chi connectivity index (χ2v) is 12.0. The van der Waals surface area contributed by atoms with Gasteiger partial charge in [0.05, 0.1) is 18.3 Å². The fourth-order valence-corrected chi connectivity index (χ4v) is 7.21. The van der Waals surface area contributed by atoms with Crippen molar-refractivity contribution in [1.29, 1.82) is 0 Å². The number of alkyl halides is 1. The summed E-state index contributed by atoms with van der Waals surface area (Å²) in [5.41, 5.74) is 10.4. The highest BCUT2D eigenvalue weighted by Gasteiger charge is 2.47. The lowest BCUT2D eigenvalue weighted by atomic mass is 9.90. The topological polar surface area (TPSA) is 91.2 Å². The number of nitrogens with zero attached hydrogens (tertiary/aromatic N) is 5. The predicted octanol–water partition coefficient (Wildman–Crippen LogP) is 4.71. The number of ether oxygens (including phenoxy) is 1. The lowest BCUT2D eigenvalue weighted by molar-refractivity contribution is 0.0700. The number of fused-ring (bicyclic) bond motifs is 4. The Kier molecular flexibility index (Phi) is 5.12. The molecule has 3 aliphatic carbocycles. The van der Waals surface area contributed by atoms with E-state index in [-0.39, 0.29) is 24.0 Å². The third-order valence-electron chi connectivity index (χ3n) is 9.57. The number of benzene rings is 1. The van der Waals surface area contributed by atoms with Crippen LogP contribution in [0.5, 0.6) is 5.75 Å². The number of imidazole rings is 1. The average Bonchev–Trinajstić information content (AvgIpc) is 3.27. The first-order chi connectivity index (χ1) is 19.0. The molecule has 0 spiro atoms. The van der Waals surface area contributed by atoms with Crippen LogP contribution in [0.4, 0.5) is 4.39 Å². The monoisotopic (exact) mass is 528 g/mol. The number of hydrogen-bond donors (Lipinski definition) is 1. The van der Waals surface area contributed by atoms with Gasteiger partial charge in [-0.3, -0.25) is 4.79 Å². The fourth-order valence-electron chi connectivity index (χ4n) is 7.21. The summed E-state index contributed by atoms with van der Waals surface area (Å²) in [6, 6.07) is 10.0. The SMILES string of the molecule is COc1cc(C(=O)N2C[C@H]3CC[C@@H]2[C@@H]3N)cc2nc(-c3cc4cccnc4n3CC3CC3)n([C@H]3C[C@@H](F)C3)c12. The quantitative estimate of drug-likeness (QED) is 0.392. The maximum atomic E-state index is 14.2. The van der Waals surface area contributed by atoms with Crippen LogP contribution in [-0.2, 0) is 6.54 Å². The van der Waals surface area contributed by atoms with Crippen molar-refractivity contribution in [3.8, 4) is 17.3 Å². The molecular formula is C30H33FN6O2. The van der Waals surface area contributed by atoms with E-state index in [1.54, 1.807) is 7.11 Å². The molecule has 4 heterocycles. The highest BCUT2D eigenvalue weighted by molar-refractivity contribution is 6.00. The lowest BCUT2D eigenvalue weighted by Gasteiger charge is -2.33. The summed E-state index contributed by atoms with van der Waals surface area (Å²) in [7, 11) is 1.63. The summed E-state index contributed by atoms with van der Waals surface area (Å²) in [5, 5.41) is 1.06. The molecule has 8 rings (SSSR count). The van der Waals surface area contributed by atoms with Crippen molar-refractivity contribution in [3.05, 3.63) is 42.1 Å². The fraction of sp³-hybridized carbons (Fsp3) is 0.500.